The number of nitrogens with zero attached hydrogens (tertiary/aromatic N) is 2. The van der Waals surface area contributed by atoms with Crippen LogP contribution in [0.5, 0.6) is 0 Å². The first-order valence-corrected chi connectivity index (χ1v) is 3.86. The quantitative estimate of drug-likeness (QED) is 0.704. The van der Waals surface area contributed by atoms with Crippen molar-refractivity contribution in [1.29, 1.82) is 0 Å². The van der Waals surface area contributed by atoms with E-state index in [9.17, 15) is 4.79 Å². The monoisotopic (exact) mass is 184 g/mol. The number of carbonyl (C=O) groups excluding carboxylic acids is 1. The van der Waals surface area contributed by atoms with Crippen LogP contribution >= 0.6 is 0 Å². The number of rotatable bonds is 2. The number of amides is 1. The van der Waals surface area contributed by atoms with Gasteiger partial charge >= 0.3 is 6.09 Å². The molecule has 72 valence electrons. The molecule has 1 aromatic rings. The van der Waals surface area contributed by atoms with E-state index >= 15 is 0 Å². The van der Waals surface area contributed by atoms with Gasteiger partial charge in [-0.05, 0) is 6.92 Å². The number of anilines is 2. The summed E-state index contributed by atoms with van der Waals surface area (Å²) < 4.78 is 6.14. The summed E-state index contributed by atoms with van der Waals surface area (Å²) in [5.74, 6) is 0.443. The van der Waals surface area contributed by atoms with E-state index in [4.69, 9.17) is 5.73 Å². The average molecular weight is 184 g/mol. The lowest BCUT2D eigenvalue weighted by Gasteiger charge is -2.05. The predicted molar refractivity (Wildman–Crippen MR) is 48.3 cm³/mol. The van der Waals surface area contributed by atoms with Crippen molar-refractivity contribution in [1.82, 2.24) is 9.78 Å². The molecule has 3 N–H and O–H groups in total. The van der Waals surface area contributed by atoms with Crippen LogP contribution in [0.25, 0.3) is 0 Å². The topological polar surface area (TPSA) is 82.2 Å². The molecule has 0 radical (unpaired) electrons. The number of nitrogens with one attached hydrogen (secondary N) is 1. The van der Waals surface area contributed by atoms with Crippen LogP contribution in [0.4, 0.5) is 16.3 Å². The van der Waals surface area contributed by atoms with Crippen LogP contribution in [0.1, 0.15) is 6.92 Å². The van der Waals surface area contributed by atoms with Gasteiger partial charge in [0.25, 0.3) is 0 Å². The molecule has 0 aliphatic rings. The van der Waals surface area contributed by atoms with Crippen molar-refractivity contribution < 1.29 is 9.53 Å². The molecule has 0 bridgehead atoms. The van der Waals surface area contributed by atoms with Gasteiger partial charge in [0.05, 0.1) is 18.5 Å². The summed E-state index contributed by atoms with van der Waals surface area (Å²) in [4.78, 5) is 11.0. The maximum Gasteiger partial charge on any atom is 0.412 e. The van der Waals surface area contributed by atoms with Crippen molar-refractivity contribution in [2.24, 2.45) is 7.05 Å². The summed E-state index contributed by atoms with van der Waals surface area (Å²) in [6.45, 7) is 2.05. The molecule has 0 atom stereocenters. The molecule has 1 amide bonds. The summed E-state index contributed by atoms with van der Waals surface area (Å²) >= 11 is 0. The van der Waals surface area contributed by atoms with Gasteiger partial charge in [0.2, 0.25) is 0 Å². The van der Waals surface area contributed by atoms with E-state index in [0.29, 0.717) is 18.1 Å². The Morgan fingerprint density at radius 3 is 3.00 bits per heavy atom. The van der Waals surface area contributed by atoms with Crippen molar-refractivity contribution in [3.63, 3.8) is 0 Å². The van der Waals surface area contributed by atoms with Gasteiger partial charge in [-0.25, -0.2) is 4.79 Å². The van der Waals surface area contributed by atoms with Gasteiger partial charge in [0, 0.05) is 7.05 Å². The molecule has 0 aliphatic heterocycles. The first-order valence-electron chi connectivity index (χ1n) is 3.86. The van der Waals surface area contributed by atoms with Gasteiger partial charge in [-0.15, -0.1) is 0 Å². The Morgan fingerprint density at radius 1 is 1.85 bits per heavy atom. The van der Waals surface area contributed by atoms with E-state index < -0.39 is 6.09 Å². The largest absolute Gasteiger partial charge is 0.450 e. The van der Waals surface area contributed by atoms with Crippen molar-refractivity contribution in [2.45, 2.75) is 6.92 Å². The zero-order valence-corrected chi connectivity index (χ0v) is 7.57. The number of ether oxygens (including phenoxy) is 1. The Morgan fingerprint density at radius 2 is 2.54 bits per heavy atom. The molecule has 6 heteroatoms. The van der Waals surface area contributed by atoms with E-state index in [1.165, 1.54) is 10.9 Å². The molecule has 1 rings (SSSR count). The predicted octanol–water partition coefficient (Wildman–Crippen LogP) is 0.571. The van der Waals surface area contributed by atoms with E-state index in [1.807, 2.05) is 0 Å². The lowest BCUT2D eigenvalue weighted by Crippen LogP contribution is -2.16. The maximum atomic E-state index is 11.0. The fourth-order valence-electron chi connectivity index (χ4n) is 0.871. The summed E-state index contributed by atoms with van der Waals surface area (Å²) in [5, 5.41) is 6.32. The third-order valence-electron chi connectivity index (χ3n) is 1.46. The van der Waals surface area contributed by atoms with Crippen LogP contribution < -0.4 is 11.1 Å². The molecule has 1 aromatic heterocycles. The second-order valence-electron chi connectivity index (χ2n) is 2.42. The highest BCUT2D eigenvalue weighted by Crippen LogP contribution is 2.15. The lowest BCUT2D eigenvalue weighted by molar-refractivity contribution is 0.167. The third-order valence-corrected chi connectivity index (χ3v) is 1.46. The number of hydrogen-bond acceptors (Lipinski definition) is 4. The molecule has 1 heterocycles. The molecule has 0 saturated heterocycles. The van der Waals surface area contributed by atoms with Gasteiger partial charge in [-0.3, -0.25) is 10.00 Å². The average Bonchev–Trinajstić information content (AvgIpc) is 2.36. The Labute approximate surface area is 75.7 Å². The normalized spacial score (nSPS) is 9.69. The first-order chi connectivity index (χ1) is 6.15. The highest BCUT2D eigenvalue weighted by Gasteiger charge is 2.09. The number of nitrogen functional groups attached to an aromatic ring is 1. The Balaban J connectivity index is 2.68. The molecular weight excluding hydrogens is 172 g/mol. The highest BCUT2D eigenvalue weighted by atomic mass is 16.5. The third kappa shape index (κ3) is 2.11. The fraction of sp³-hybridized carbons (Fsp3) is 0.429. The fourth-order valence-corrected chi connectivity index (χ4v) is 0.871. The van der Waals surface area contributed by atoms with Crippen LogP contribution in [0.15, 0.2) is 6.20 Å². The van der Waals surface area contributed by atoms with Crippen LogP contribution in [0.2, 0.25) is 0 Å². The van der Waals surface area contributed by atoms with Crippen molar-refractivity contribution >= 4 is 17.6 Å². The van der Waals surface area contributed by atoms with E-state index in [2.05, 4.69) is 15.2 Å². The number of hydrogen-bond donors (Lipinski definition) is 2. The molecule has 0 unspecified atom stereocenters. The van der Waals surface area contributed by atoms with Gasteiger partial charge in [-0.1, -0.05) is 0 Å². The summed E-state index contributed by atoms with van der Waals surface area (Å²) in [6.07, 6.45) is 0.930. The van der Waals surface area contributed by atoms with E-state index in [-0.39, 0.29) is 0 Å². The van der Waals surface area contributed by atoms with E-state index in [1.54, 1.807) is 14.0 Å². The van der Waals surface area contributed by atoms with Gasteiger partial charge in [0.15, 0.2) is 5.82 Å². The Bertz CT molecular complexity index is 288. The second kappa shape index (κ2) is 3.79. The van der Waals surface area contributed by atoms with E-state index in [0.717, 1.165) is 0 Å². The van der Waals surface area contributed by atoms with Gasteiger partial charge in [-0.2, -0.15) is 5.10 Å². The van der Waals surface area contributed by atoms with Crippen LogP contribution in [-0.4, -0.2) is 22.5 Å². The Kier molecular flexibility index (Phi) is 2.73. The molecule has 0 aromatic carbocycles. The van der Waals surface area contributed by atoms with Gasteiger partial charge in [0.1, 0.15) is 0 Å². The number of carbonyl (C=O) groups is 1. The van der Waals surface area contributed by atoms with Crippen LogP contribution in [-0.2, 0) is 11.8 Å². The summed E-state index contributed by atoms with van der Waals surface area (Å²) in [7, 11) is 1.68. The SMILES string of the molecule is CCOC(=O)Nc1c(N)cnn1C. The lowest BCUT2D eigenvalue weighted by atomic mass is 10.5. The molecule has 0 aliphatic carbocycles. The maximum absolute atomic E-state index is 11.0. The highest BCUT2D eigenvalue weighted by molar-refractivity contribution is 5.87. The molecule has 0 spiro atoms. The van der Waals surface area contributed by atoms with Crippen LogP contribution in [0, 0.1) is 0 Å². The minimum absolute atomic E-state index is 0.323. The smallest absolute Gasteiger partial charge is 0.412 e. The van der Waals surface area contributed by atoms with Gasteiger partial charge < -0.3 is 10.5 Å². The number of aryl methyl sites for hydroxylation is 1. The number of nitrogens with two attached hydrogens (primary N) is 1. The minimum atomic E-state index is -0.530. The standard InChI is InChI=1S/C7H12N4O2/c1-3-13-7(12)10-6-5(8)4-9-11(6)2/h4H,3,8H2,1-2H3,(H,10,12). The van der Waals surface area contributed by atoms with Crippen molar-refractivity contribution in [2.75, 3.05) is 17.7 Å². The van der Waals surface area contributed by atoms with Crippen molar-refractivity contribution in [3.05, 3.63) is 6.20 Å². The minimum Gasteiger partial charge on any atom is -0.450 e. The Hall–Kier alpha value is -1.72. The summed E-state index contributed by atoms with van der Waals surface area (Å²) in [6, 6.07) is 0. The zero-order valence-electron chi connectivity index (χ0n) is 7.57. The molecule has 13 heavy (non-hydrogen) atoms. The molecule has 6 nitrogen and oxygen atoms in total. The number of aromatic nitrogens is 2. The first kappa shape index (κ1) is 9.37. The zero-order chi connectivity index (χ0) is 9.84. The molecular formula is C7H12N4O2. The van der Waals surface area contributed by atoms with Crippen molar-refractivity contribution in [3.8, 4) is 0 Å². The molecule has 0 saturated carbocycles. The second-order valence-corrected chi connectivity index (χ2v) is 2.42. The molecule has 0 fully saturated rings. The van der Waals surface area contributed by atoms with Crippen LogP contribution in [0.3, 0.4) is 0 Å². The summed E-state index contributed by atoms with van der Waals surface area (Å²) in [5.41, 5.74) is 5.94.